The number of rotatable bonds is 6. The summed E-state index contributed by atoms with van der Waals surface area (Å²) in [6.07, 6.45) is 1.12. The second-order valence-corrected chi connectivity index (χ2v) is 10.2. The van der Waals surface area contributed by atoms with Crippen LogP contribution in [-0.4, -0.2) is 30.8 Å². The van der Waals surface area contributed by atoms with Crippen molar-refractivity contribution in [3.8, 4) is 0 Å². The molecule has 0 radical (unpaired) electrons. The lowest BCUT2D eigenvalue weighted by Crippen LogP contribution is -2.11. The zero-order valence-corrected chi connectivity index (χ0v) is 17.3. The minimum absolute atomic E-state index is 0.163. The van der Waals surface area contributed by atoms with Crippen LogP contribution in [0.4, 0.5) is 5.13 Å². The topological polar surface area (TPSA) is 89.0 Å². The molecule has 0 unspecified atom stereocenters. The maximum Gasteiger partial charge on any atom is 0.257 e. The summed E-state index contributed by atoms with van der Waals surface area (Å²) >= 11 is 8.65. The lowest BCUT2D eigenvalue weighted by molar-refractivity contribution is 0.102. The summed E-state index contributed by atoms with van der Waals surface area (Å²) in [5.41, 5.74) is 1.45. The summed E-state index contributed by atoms with van der Waals surface area (Å²) in [4.78, 5) is 12.4. The van der Waals surface area contributed by atoms with Crippen molar-refractivity contribution in [1.82, 2.24) is 10.2 Å². The number of hydrogen-bond acceptors (Lipinski definition) is 7. The third-order valence-corrected chi connectivity index (χ3v) is 6.87. The number of carbonyl (C=O) groups excluding carboxylic acids is 1. The van der Waals surface area contributed by atoms with E-state index in [9.17, 15) is 13.2 Å². The fourth-order valence-corrected chi connectivity index (χ4v) is 4.53. The van der Waals surface area contributed by atoms with Crippen LogP contribution in [0.25, 0.3) is 0 Å². The van der Waals surface area contributed by atoms with E-state index >= 15 is 0 Å². The minimum Gasteiger partial charge on any atom is -0.296 e. The molecule has 2 aromatic carbocycles. The van der Waals surface area contributed by atoms with E-state index in [0.717, 1.165) is 16.2 Å². The lowest BCUT2D eigenvalue weighted by atomic mass is 10.2. The van der Waals surface area contributed by atoms with Crippen LogP contribution >= 0.6 is 34.7 Å². The fraction of sp³-hybridized carbons (Fsp3) is 0.118. The highest BCUT2D eigenvalue weighted by molar-refractivity contribution is 8.00. The Kier molecular flexibility index (Phi) is 6.15. The molecule has 0 spiro atoms. The molecule has 0 saturated heterocycles. The van der Waals surface area contributed by atoms with E-state index in [1.54, 1.807) is 0 Å². The summed E-state index contributed by atoms with van der Waals surface area (Å²) in [6, 6.07) is 13.3. The molecule has 6 nitrogen and oxygen atoms in total. The van der Waals surface area contributed by atoms with Gasteiger partial charge in [0.05, 0.1) is 4.90 Å². The van der Waals surface area contributed by atoms with Crippen molar-refractivity contribution < 1.29 is 13.2 Å². The van der Waals surface area contributed by atoms with Crippen LogP contribution in [-0.2, 0) is 15.6 Å². The molecule has 0 aliphatic heterocycles. The molecule has 3 rings (SSSR count). The first-order valence-electron chi connectivity index (χ1n) is 7.63. The second kappa shape index (κ2) is 8.39. The van der Waals surface area contributed by atoms with Gasteiger partial charge in [-0.2, -0.15) is 0 Å². The molecule has 27 heavy (non-hydrogen) atoms. The summed E-state index contributed by atoms with van der Waals surface area (Å²) in [5, 5.41) is 11.8. The van der Waals surface area contributed by atoms with Crippen LogP contribution in [0.15, 0.2) is 57.8 Å². The number of amides is 1. The van der Waals surface area contributed by atoms with Gasteiger partial charge in [0, 0.05) is 22.6 Å². The molecule has 140 valence electrons. The number of hydrogen-bond donors (Lipinski definition) is 1. The van der Waals surface area contributed by atoms with Gasteiger partial charge in [-0.25, -0.2) is 8.42 Å². The van der Waals surface area contributed by atoms with Gasteiger partial charge in [-0.1, -0.05) is 46.8 Å². The molecule has 0 fully saturated rings. The largest absolute Gasteiger partial charge is 0.296 e. The quantitative estimate of drug-likeness (QED) is 0.458. The van der Waals surface area contributed by atoms with Gasteiger partial charge in [-0.3, -0.25) is 10.1 Å². The summed E-state index contributed by atoms with van der Waals surface area (Å²) in [7, 11) is -3.29. The monoisotopic (exact) mass is 439 g/mol. The van der Waals surface area contributed by atoms with Crippen molar-refractivity contribution in [2.75, 3.05) is 11.6 Å². The number of carbonyl (C=O) groups is 1. The first-order valence-corrected chi connectivity index (χ1v) is 11.7. The summed E-state index contributed by atoms with van der Waals surface area (Å²) in [5.74, 6) is 0.340. The Balaban J connectivity index is 1.59. The SMILES string of the molecule is CS(=O)(=O)c1ccc(C(=O)Nc2nnc(SCc3ccc(Cl)cc3)s2)cc1. The van der Waals surface area contributed by atoms with Gasteiger partial charge in [-0.05, 0) is 42.0 Å². The van der Waals surface area contributed by atoms with Crippen molar-refractivity contribution in [3.63, 3.8) is 0 Å². The minimum atomic E-state index is -3.29. The Morgan fingerprint density at radius 3 is 2.41 bits per heavy atom. The van der Waals surface area contributed by atoms with E-state index in [4.69, 9.17) is 11.6 Å². The van der Waals surface area contributed by atoms with Crippen LogP contribution in [0.5, 0.6) is 0 Å². The maximum atomic E-state index is 12.3. The summed E-state index contributed by atoms with van der Waals surface area (Å²) < 4.78 is 23.7. The Morgan fingerprint density at radius 1 is 1.11 bits per heavy atom. The second-order valence-electron chi connectivity index (χ2n) is 5.54. The molecule has 3 aromatic rings. The van der Waals surface area contributed by atoms with Crippen molar-refractivity contribution in [2.24, 2.45) is 0 Å². The first-order chi connectivity index (χ1) is 12.8. The molecule has 0 atom stereocenters. The summed E-state index contributed by atoms with van der Waals surface area (Å²) in [6.45, 7) is 0. The Labute approximate surface area is 169 Å². The maximum absolute atomic E-state index is 12.3. The number of thioether (sulfide) groups is 1. The van der Waals surface area contributed by atoms with Crippen LogP contribution in [0.3, 0.4) is 0 Å². The molecule has 1 heterocycles. The van der Waals surface area contributed by atoms with Crippen LogP contribution in [0, 0.1) is 0 Å². The van der Waals surface area contributed by atoms with Gasteiger partial charge in [0.15, 0.2) is 14.2 Å². The van der Waals surface area contributed by atoms with Crippen molar-refractivity contribution in [1.29, 1.82) is 0 Å². The van der Waals surface area contributed by atoms with Gasteiger partial charge in [0.1, 0.15) is 0 Å². The van der Waals surface area contributed by atoms with Crippen LogP contribution in [0.1, 0.15) is 15.9 Å². The number of anilines is 1. The van der Waals surface area contributed by atoms with Gasteiger partial charge in [0.2, 0.25) is 5.13 Å². The highest BCUT2D eigenvalue weighted by atomic mass is 35.5. The van der Waals surface area contributed by atoms with Gasteiger partial charge < -0.3 is 0 Å². The molecule has 1 N–H and O–H groups in total. The molecule has 0 saturated carbocycles. The van der Waals surface area contributed by atoms with E-state index in [2.05, 4.69) is 15.5 Å². The number of benzene rings is 2. The van der Waals surface area contributed by atoms with Crippen molar-refractivity contribution >= 4 is 55.6 Å². The van der Waals surface area contributed by atoms with E-state index in [-0.39, 0.29) is 10.8 Å². The highest BCUT2D eigenvalue weighted by Gasteiger charge is 2.12. The predicted molar refractivity (Wildman–Crippen MR) is 108 cm³/mol. The Morgan fingerprint density at radius 2 is 1.78 bits per heavy atom. The Bertz CT molecular complexity index is 1050. The molecule has 0 aliphatic carbocycles. The van der Waals surface area contributed by atoms with Crippen LogP contribution in [0.2, 0.25) is 5.02 Å². The zero-order chi connectivity index (χ0) is 19.4. The van der Waals surface area contributed by atoms with Gasteiger partial charge in [-0.15, -0.1) is 10.2 Å². The molecule has 0 aliphatic rings. The molecule has 10 heteroatoms. The van der Waals surface area contributed by atoms with Crippen molar-refractivity contribution in [2.45, 2.75) is 15.0 Å². The molecular formula is C17H14ClN3O3S3. The third kappa shape index (κ3) is 5.52. The number of halogens is 1. The predicted octanol–water partition coefficient (Wildman–Crippen LogP) is 4.14. The number of nitrogens with zero attached hydrogens (tertiary/aromatic N) is 2. The lowest BCUT2D eigenvalue weighted by Gasteiger charge is -2.02. The molecule has 1 amide bonds. The number of aromatic nitrogens is 2. The number of nitrogens with one attached hydrogen (secondary N) is 1. The van der Waals surface area contributed by atoms with E-state index in [0.29, 0.717) is 21.5 Å². The van der Waals surface area contributed by atoms with E-state index in [1.165, 1.54) is 47.4 Å². The van der Waals surface area contributed by atoms with Crippen molar-refractivity contribution in [3.05, 3.63) is 64.7 Å². The normalized spacial score (nSPS) is 11.3. The zero-order valence-electron chi connectivity index (χ0n) is 14.0. The van der Waals surface area contributed by atoms with Gasteiger partial charge in [0.25, 0.3) is 5.91 Å². The highest BCUT2D eigenvalue weighted by Crippen LogP contribution is 2.29. The standard InChI is InChI=1S/C17H14ClN3O3S3/c1-27(23,24)14-8-4-12(5-9-14)15(22)19-16-20-21-17(26-16)25-10-11-2-6-13(18)7-3-11/h2-9H,10H2,1H3,(H,19,20,22). The van der Waals surface area contributed by atoms with Crippen LogP contribution < -0.4 is 5.32 Å². The first kappa shape index (κ1) is 19.8. The average Bonchev–Trinajstić information content (AvgIpc) is 3.08. The smallest absolute Gasteiger partial charge is 0.257 e. The Hall–Kier alpha value is -1.94. The molecule has 0 bridgehead atoms. The fourth-order valence-electron chi connectivity index (χ4n) is 2.07. The van der Waals surface area contributed by atoms with Gasteiger partial charge >= 0.3 is 0 Å². The number of sulfone groups is 1. The average molecular weight is 440 g/mol. The van der Waals surface area contributed by atoms with E-state index in [1.807, 2.05) is 24.3 Å². The van der Waals surface area contributed by atoms with E-state index < -0.39 is 9.84 Å². The third-order valence-electron chi connectivity index (χ3n) is 3.45. The molecular weight excluding hydrogens is 426 g/mol. The molecule has 1 aromatic heterocycles.